The molecule has 1 amide bonds. The Labute approximate surface area is 158 Å². The molecule has 1 aromatic carbocycles. The van der Waals surface area contributed by atoms with E-state index in [4.69, 9.17) is 21.7 Å². The van der Waals surface area contributed by atoms with Crippen LogP contribution in [0, 0.1) is 0 Å². The highest BCUT2D eigenvalue weighted by Crippen LogP contribution is 2.11. The van der Waals surface area contributed by atoms with E-state index in [2.05, 4.69) is 10.6 Å². The van der Waals surface area contributed by atoms with E-state index < -0.39 is 6.04 Å². The van der Waals surface area contributed by atoms with Crippen molar-refractivity contribution >= 4 is 41.0 Å². The summed E-state index contributed by atoms with van der Waals surface area (Å²) in [5, 5.41) is 5.53. The van der Waals surface area contributed by atoms with Gasteiger partial charge in [0.1, 0.15) is 11.8 Å². The lowest BCUT2D eigenvalue weighted by Crippen LogP contribution is -2.48. The molecule has 0 saturated carbocycles. The molecule has 0 fully saturated rings. The summed E-state index contributed by atoms with van der Waals surface area (Å²) >= 11 is 6.77. The average Bonchev–Trinajstić information content (AvgIpc) is 2.57. The van der Waals surface area contributed by atoms with Crippen molar-refractivity contribution in [1.82, 2.24) is 10.6 Å². The van der Waals surface area contributed by atoms with Gasteiger partial charge in [-0.05, 0) is 68.8 Å². The highest BCUT2D eigenvalue weighted by molar-refractivity contribution is 7.98. The summed E-state index contributed by atoms with van der Waals surface area (Å²) in [6, 6.07) is 6.04. The van der Waals surface area contributed by atoms with Gasteiger partial charge in [-0.25, -0.2) is 4.79 Å². The van der Waals surface area contributed by atoms with Crippen LogP contribution in [-0.4, -0.2) is 48.3 Å². The maximum absolute atomic E-state index is 12.2. The van der Waals surface area contributed by atoms with E-state index in [1.807, 2.05) is 6.26 Å². The number of nitrogens with one attached hydrogen (secondary N) is 2. The van der Waals surface area contributed by atoms with Crippen LogP contribution in [0.2, 0.25) is 0 Å². The van der Waals surface area contributed by atoms with Gasteiger partial charge in [-0.2, -0.15) is 11.8 Å². The summed E-state index contributed by atoms with van der Waals surface area (Å²) in [5.41, 5.74) is 0.440. The number of thiocarbonyl (C=S) groups is 1. The van der Waals surface area contributed by atoms with Crippen LogP contribution in [0.5, 0.6) is 5.75 Å². The van der Waals surface area contributed by atoms with Crippen molar-refractivity contribution in [3.8, 4) is 5.75 Å². The Bertz CT molecular complexity index is 591. The molecule has 1 atom stereocenters. The number of carbonyl (C=O) groups is 2. The molecule has 8 heteroatoms. The molecule has 1 aromatic rings. The van der Waals surface area contributed by atoms with Gasteiger partial charge >= 0.3 is 5.97 Å². The van der Waals surface area contributed by atoms with Gasteiger partial charge in [-0.3, -0.25) is 10.1 Å². The first-order chi connectivity index (χ1) is 11.9. The number of esters is 1. The Balaban J connectivity index is 2.65. The maximum Gasteiger partial charge on any atom is 0.328 e. The number of methoxy groups -OCH3 is 1. The summed E-state index contributed by atoms with van der Waals surface area (Å²) in [6.45, 7) is 3.57. The summed E-state index contributed by atoms with van der Waals surface area (Å²) in [6.07, 6.45) is 2.29. The molecule has 2 N–H and O–H groups in total. The first kappa shape index (κ1) is 21.2. The lowest BCUT2D eigenvalue weighted by atomic mass is 10.2. The number of hydrogen-bond donors (Lipinski definition) is 2. The van der Waals surface area contributed by atoms with Crippen molar-refractivity contribution < 1.29 is 19.1 Å². The van der Waals surface area contributed by atoms with Gasteiger partial charge in [-0.1, -0.05) is 0 Å². The lowest BCUT2D eigenvalue weighted by Gasteiger charge is -2.20. The molecule has 0 aliphatic heterocycles. The fraction of sp³-hybridized carbons (Fsp3) is 0.471. The van der Waals surface area contributed by atoms with Crippen molar-refractivity contribution in [3.05, 3.63) is 29.8 Å². The smallest absolute Gasteiger partial charge is 0.328 e. The number of carbonyl (C=O) groups excluding carboxylic acids is 2. The molecule has 0 bridgehead atoms. The zero-order valence-corrected chi connectivity index (χ0v) is 16.5. The highest BCUT2D eigenvalue weighted by atomic mass is 32.2. The van der Waals surface area contributed by atoms with Gasteiger partial charge in [0.2, 0.25) is 0 Å². The molecule has 0 saturated heterocycles. The van der Waals surface area contributed by atoms with E-state index in [1.54, 1.807) is 57.0 Å². The third-order valence-electron chi connectivity index (χ3n) is 3.13. The second-order valence-corrected chi connectivity index (χ2v) is 6.87. The van der Waals surface area contributed by atoms with Gasteiger partial charge in [0.25, 0.3) is 5.91 Å². The Morgan fingerprint density at radius 3 is 2.40 bits per heavy atom. The van der Waals surface area contributed by atoms with E-state index in [9.17, 15) is 9.59 Å². The van der Waals surface area contributed by atoms with Crippen LogP contribution in [-0.2, 0) is 9.53 Å². The molecule has 0 aromatic heterocycles. The normalized spacial score (nSPS) is 11.6. The van der Waals surface area contributed by atoms with E-state index >= 15 is 0 Å². The van der Waals surface area contributed by atoms with Crippen LogP contribution in [0.15, 0.2) is 24.3 Å². The van der Waals surface area contributed by atoms with Crippen LogP contribution >= 0.6 is 24.0 Å². The Morgan fingerprint density at radius 1 is 1.24 bits per heavy atom. The van der Waals surface area contributed by atoms with Crippen molar-refractivity contribution in [1.29, 1.82) is 0 Å². The van der Waals surface area contributed by atoms with Crippen molar-refractivity contribution in [3.63, 3.8) is 0 Å². The Kier molecular flexibility index (Phi) is 9.30. The van der Waals surface area contributed by atoms with Crippen LogP contribution in [0.25, 0.3) is 0 Å². The first-order valence-electron chi connectivity index (χ1n) is 7.82. The zero-order chi connectivity index (χ0) is 18.8. The maximum atomic E-state index is 12.2. The first-order valence-corrected chi connectivity index (χ1v) is 9.63. The van der Waals surface area contributed by atoms with Gasteiger partial charge in [0.05, 0.1) is 13.2 Å². The lowest BCUT2D eigenvalue weighted by molar-refractivity contribution is -0.149. The summed E-state index contributed by atoms with van der Waals surface area (Å²) in [5.74, 6) is 0.678. The largest absolute Gasteiger partial charge is 0.497 e. The summed E-state index contributed by atoms with van der Waals surface area (Å²) in [7, 11) is 1.55. The average molecular weight is 385 g/mol. The molecule has 0 spiro atoms. The fourth-order valence-corrected chi connectivity index (χ4v) is 2.62. The van der Waals surface area contributed by atoms with E-state index in [-0.39, 0.29) is 23.1 Å². The molecule has 25 heavy (non-hydrogen) atoms. The van der Waals surface area contributed by atoms with Crippen LogP contribution in [0.1, 0.15) is 30.6 Å². The summed E-state index contributed by atoms with van der Waals surface area (Å²) in [4.78, 5) is 24.3. The van der Waals surface area contributed by atoms with Gasteiger partial charge in [-0.15, -0.1) is 0 Å². The molecule has 138 valence electrons. The second-order valence-electron chi connectivity index (χ2n) is 5.48. The SMILES string of the molecule is COc1ccc(C(=O)NC(=S)NC(CCSC)C(=O)OC(C)C)cc1. The Hall–Kier alpha value is -1.80. The molecular formula is C17H24N2O4S2. The third kappa shape index (κ3) is 7.74. The molecular weight excluding hydrogens is 360 g/mol. The minimum absolute atomic E-state index is 0.0904. The van der Waals surface area contributed by atoms with Gasteiger partial charge < -0.3 is 14.8 Å². The topological polar surface area (TPSA) is 76.7 Å². The number of thioether (sulfide) groups is 1. The minimum Gasteiger partial charge on any atom is -0.497 e. The number of hydrogen-bond acceptors (Lipinski definition) is 6. The minimum atomic E-state index is -0.599. The monoisotopic (exact) mass is 384 g/mol. The van der Waals surface area contributed by atoms with Crippen LogP contribution in [0.3, 0.4) is 0 Å². The number of ether oxygens (including phenoxy) is 2. The van der Waals surface area contributed by atoms with Crippen LogP contribution in [0.4, 0.5) is 0 Å². The number of benzene rings is 1. The molecule has 1 unspecified atom stereocenters. The van der Waals surface area contributed by atoms with Crippen molar-refractivity contribution in [2.45, 2.75) is 32.4 Å². The van der Waals surface area contributed by atoms with E-state index in [0.717, 1.165) is 5.75 Å². The van der Waals surface area contributed by atoms with Crippen molar-refractivity contribution in [2.75, 3.05) is 19.1 Å². The van der Waals surface area contributed by atoms with Crippen LogP contribution < -0.4 is 15.4 Å². The molecule has 0 aliphatic carbocycles. The predicted octanol–water partition coefficient (Wildman–Crippen LogP) is 2.37. The van der Waals surface area contributed by atoms with Gasteiger partial charge in [0.15, 0.2) is 5.11 Å². The van der Waals surface area contributed by atoms with Crippen molar-refractivity contribution in [2.24, 2.45) is 0 Å². The number of rotatable bonds is 8. The standard InChI is InChI=1S/C17H24N2O4S2/c1-11(2)23-16(21)14(9-10-25-4)18-17(24)19-15(20)12-5-7-13(22-3)8-6-12/h5-8,11,14H,9-10H2,1-4H3,(H2,18,19,20,24). The number of amides is 1. The highest BCUT2D eigenvalue weighted by Gasteiger charge is 2.22. The molecule has 0 aliphatic rings. The van der Waals surface area contributed by atoms with Gasteiger partial charge in [0, 0.05) is 5.56 Å². The zero-order valence-electron chi connectivity index (χ0n) is 14.8. The third-order valence-corrected chi connectivity index (χ3v) is 4.00. The van der Waals surface area contributed by atoms with E-state index in [0.29, 0.717) is 17.7 Å². The second kappa shape index (κ2) is 10.9. The molecule has 0 heterocycles. The Morgan fingerprint density at radius 2 is 1.88 bits per heavy atom. The van der Waals surface area contributed by atoms with E-state index in [1.165, 1.54) is 0 Å². The summed E-state index contributed by atoms with van der Waals surface area (Å²) < 4.78 is 10.3. The quantitative estimate of drug-likeness (QED) is 0.526. The molecule has 6 nitrogen and oxygen atoms in total. The predicted molar refractivity (Wildman–Crippen MR) is 104 cm³/mol. The molecule has 1 rings (SSSR count). The molecule has 0 radical (unpaired) electrons. The fourth-order valence-electron chi connectivity index (χ4n) is 1.91.